The van der Waals surface area contributed by atoms with E-state index in [-0.39, 0.29) is 11.9 Å². The Labute approximate surface area is 173 Å². The quantitative estimate of drug-likeness (QED) is 0.479. The molecule has 0 amide bonds. The predicted octanol–water partition coefficient (Wildman–Crippen LogP) is 4.96. The van der Waals surface area contributed by atoms with E-state index < -0.39 is 0 Å². The minimum atomic E-state index is -0.209. The van der Waals surface area contributed by atoms with E-state index >= 15 is 0 Å². The molecule has 7 heteroatoms. The third-order valence-electron chi connectivity index (χ3n) is 5.70. The van der Waals surface area contributed by atoms with Gasteiger partial charge < -0.3 is 8.94 Å². The highest BCUT2D eigenvalue weighted by Gasteiger charge is 2.27. The summed E-state index contributed by atoms with van der Waals surface area (Å²) >= 11 is 0. The van der Waals surface area contributed by atoms with Crippen LogP contribution in [0.3, 0.4) is 0 Å². The van der Waals surface area contributed by atoms with Gasteiger partial charge in [-0.1, -0.05) is 41.6 Å². The molecule has 0 saturated heterocycles. The summed E-state index contributed by atoms with van der Waals surface area (Å²) in [6.45, 7) is 5.25. The molecule has 0 radical (unpaired) electrons. The molecular formula is C23H21FN4O2. The Hall–Kier alpha value is -3.32. The Kier molecular flexibility index (Phi) is 4.67. The number of hydrogen-bond acceptors (Lipinski definition) is 6. The van der Waals surface area contributed by atoms with Gasteiger partial charge in [0.25, 0.3) is 5.89 Å². The molecule has 1 atom stereocenters. The number of benzene rings is 2. The summed E-state index contributed by atoms with van der Waals surface area (Å²) in [6, 6.07) is 14.9. The summed E-state index contributed by atoms with van der Waals surface area (Å²) in [4.78, 5) is 2.22. The molecule has 1 aliphatic rings. The van der Waals surface area contributed by atoms with Gasteiger partial charge in [0.1, 0.15) is 22.8 Å². The number of halogens is 1. The van der Waals surface area contributed by atoms with Crippen LogP contribution < -0.4 is 0 Å². The molecular weight excluding hydrogens is 383 g/mol. The van der Waals surface area contributed by atoms with E-state index in [2.05, 4.69) is 27.2 Å². The van der Waals surface area contributed by atoms with E-state index in [9.17, 15) is 4.39 Å². The van der Waals surface area contributed by atoms with Crippen LogP contribution in [0, 0.1) is 12.7 Å². The van der Waals surface area contributed by atoms with E-state index in [1.54, 1.807) is 6.07 Å². The Bertz CT molecular complexity index is 1190. The van der Waals surface area contributed by atoms with Crippen LogP contribution in [-0.4, -0.2) is 26.8 Å². The highest BCUT2D eigenvalue weighted by atomic mass is 19.1. The molecule has 3 heterocycles. The molecule has 0 aliphatic carbocycles. The number of aryl methyl sites for hydroxylation is 1. The van der Waals surface area contributed by atoms with Crippen molar-refractivity contribution in [3.63, 3.8) is 0 Å². The molecule has 2 aromatic heterocycles. The lowest BCUT2D eigenvalue weighted by Gasteiger charge is -2.34. The topological polar surface area (TPSA) is 68.2 Å². The second-order valence-electron chi connectivity index (χ2n) is 7.57. The standard InChI is InChI=1S/C23H21FN4O2/c1-14-19-12-18(24)9-8-16(19)10-11-28(14)13-20-25-26-23(29-20)21-15(2)30-27-22(21)17-6-4-3-5-7-17/h3-9,12,14H,10-11,13H2,1-2H3. The molecule has 152 valence electrons. The fraction of sp³-hybridized carbons (Fsp3) is 0.261. The number of aromatic nitrogens is 3. The van der Waals surface area contributed by atoms with Crippen LogP contribution in [0.2, 0.25) is 0 Å². The first-order valence-corrected chi connectivity index (χ1v) is 9.97. The second kappa shape index (κ2) is 7.50. The minimum absolute atomic E-state index is 0.0667. The van der Waals surface area contributed by atoms with E-state index in [1.165, 1.54) is 11.6 Å². The third-order valence-corrected chi connectivity index (χ3v) is 5.70. The normalized spacial score (nSPS) is 16.6. The zero-order valence-electron chi connectivity index (χ0n) is 16.8. The number of hydrogen-bond donors (Lipinski definition) is 0. The fourth-order valence-electron chi connectivity index (χ4n) is 4.06. The summed E-state index contributed by atoms with van der Waals surface area (Å²) < 4.78 is 25.1. The van der Waals surface area contributed by atoms with Crippen molar-refractivity contribution >= 4 is 0 Å². The van der Waals surface area contributed by atoms with Crippen LogP contribution in [0.1, 0.15) is 35.7 Å². The SMILES string of the molecule is Cc1onc(-c2ccccc2)c1-c1nnc(CN2CCc3ccc(F)cc3C2C)o1. The molecule has 6 nitrogen and oxygen atoms in total. The summed E-state index contributed by atoms with van der Waals surface area (Å²) in [7, 11) is 0. The largest absolute Gasteiger partial charge is 0.419 e. The second-order valence-corrected chi connectivity index (χ2v) is 7.57. The number of rotatable bonds is 4. The van der Waals surface area contributed by atoms with E-state index in [4.69, 9.17) is 8.94 Å². The van der Waals surface area contributed by atoms with Gasteiger partial charge in [0.2, 0.25) is 5.89 Å². The molecule has 4 aromatic rings. The average Bonchev–Trinajstić information content (AvgIpc) is 3.37. The van der Waals surface area contributed by atoms with E-state index in [0.717, 1.165) is 24.1 Å². The van der Waals surface area contributed by atoms with Gasteiger partial charge in [-0.25, -0.2) is 4.39 Å². The maximum absolute atomic E-state index is 13.7. The van der Waals surface area contributed by atoms with Crippen molar-refractivity contribution < 1.29 is 13.3 Å². The van der Waals surface area contributed by atoms with Gasteiger partial charge in [-0.15, -0.1) is 10.2 Å². The Balaban J connectivity index is 1.41. The molecule has 5 rings (SSSR count). The molecule has 30 heavy (non-hydrogen) atoms. The molecule has 1 unspecified atom stereocenters. The van der Waals surface area contributed by atoms with Crippen molar-refractivity contribution in [1.82, 2.24) is 20.3 Å². The molecule has 0 N–H and O–H groups in total. The zero-order valence-corrected chi connectivity index (χ0v) is 16.8. The number of fused-ring (bicyclic) bond motifs is 1. The molecule has 0 fully saturated rings. The van der Waals surface area contributed by atoms with Gasteiger partial charge in [-0.3, -0.25) is 4.90 Å². The van der Waals surface area contributed by atoms with Crippen molar-refractivity contribution in [2.45, 2.75) is 32.9 Å². The van der Waals surface area contributed by atoms with Crippen LogP contribution in [0.5, 0.6) is 0 Å². The van der Waals surface area contributed by atoms with Crippen molar-refractivity contribution in [2.24, 2.45) is 0 Å². The van der Waals surface area contributed by atoms with Crippen LogP contribution in [0.15, 0.2) is 57.5 Å². The first-order chi connectivity index (χ1) is 14.6. The van der Waals surface area contributed by atoms with Crippen LogP contribution in [0.25, 0.3) is 22.7 Å². The lowest BCUT2D eigenvalue weighted by molar-refractivity contribution is 0.172. The summed E-state index contributed by atoms with van der Waals surface area (Å²) in [6.07, 6.45) is 0.865. The lowest BCUT2D eigenvalue weighted by atomic mass is 9.93. The van der Waals surface area contributed by atoms with Crippen molar-refractivity contribution in [3.8, 4) is 22.7 Å². The van der Waals surface area contributed by atoms with E-state index in [1.807, 2.05) is 43.3 Å². The van der Waals surface area contributed by atoms with Gasteiger partial charge in [0.15, 0.2) is 0 Å². The van der Waals surface area contributed by atoms with Gasteiger partial charge in [-0.2, -0.15) is 0 Å². The van der Waals surface area contributed by atoms with Crippen LogP contribution >= 0.6 is 0 Å². The highest BCUT2D eigenvalue weighted by Crippen LogP contribution is 2.34. The van der Waals surface area contributed by atoms with Crippen molar-refractivity contribution in [3.05, 3.63) is 77.1 Å². The zero-order chi connectivity index (χ0) is 20.7. The summed E-state index contributed by atoms with van der Waals surface area (Å²) in [5.74, 6) is 1.31. The molecule has 2 aromatic carbocycles. The van der Waals surface area contributed by atoms with Crippen molar-refractivity contribution in [1.29, 1.82) is 0 Å². The summed E-state index contributed by atoms with van der Waals surface area (Å²) in [5.41, 5.74) is 4.52. The lowest BCUT2D eigenvalue weighted by Crippen LogP contribution is -2.33. The number of nitrogens with zero attached hydrogens (tertiary/aromatic N) is 4. The Morgan fingerprint density at radius 1 is 1.13 bits per heavy atom. The molecule has 0 saturated carbocycles. The summed E-state index contributed by atoms with van der Waals surface area (Å²) in [5, 5.41) is 12.7. The maximum atomic E-state index is 13.7. The highest BCUT2D eigenvalue weighted by molar-refractivity contribution is 5.77. The van der Waals surface area contributed by atoms with Crippen LogP contribution in [-0.2, 0) is 13.0 Å². The van der Waals surface area contributed by atoms with Gasteiger partial charge in [0.05, 0.1) is 6.54 Å². The van der Waals surface area contributed by atoms with Gasteiger partial charge >= 0.3 is 0 Å². The molecule has 0 spiro atoms. The molecule has 1 aliphatic heterocycles. The first-order valence-electron chi connectivity index (χ1n) is 9.97. The predicted molar refractivity (Wildman–Crippen MR) is 109 cm³/mol. The van der Waals surface area contributed by atoms with Crippen LogP contribution in [0.4, 0.5) is 4.39 Å². The smallest absolute Gasteiger partial charge is 0.253 e. The van der Waals surface area contributed by atoms with E-state index in [0.29, 0.717) is 35.3 Å². The van der Waals surface area contributed by atoms with Gasteiger partial charge in [-0.05, 0) is 43.5 Å². The fourth-order valence-corrected chi connectivity index (χ4v) is 4.06. The monoisotopic (exact) mass is 404 g/mol. The van der Waals surface area contributed by atoms with Gasteiger partial charge in [0, 0.05) is 18.2 Å². The minimum Gasteiger partial charge on any atom is -0.419 e. The Morgan fingerprint density at radius 2 is 1.97 bits per heavy atom. The Morgan fingerprint density at radius 3 is 2.80 bits per heavy atom. The first kappa shape index (κ1) is 18.7. The maximum Gasteiger partial charge on any atom is 0.253 e. The average molecular weight is 404 g/mol. The van der Waals surface area contributed by atoms with Crippen molar-refractivity contribution in [2.75, 3.05) is 6.54 Å². The third kappa shape index (κ3) is 3.31. The molecule has 0 bridgehead atoms.